The molecular weight excluding hydrogens is 432 g/mol. The van der Waals surface area contributed by atoms with Gasteiger partial charge in [-0.05, 0) is 42.0 Å². The Kier molecular flexibility index (Phi) is 7.03. The van der Waals surface area contributed by atoms with Crippen LogP contribution in [0.3, 0.4) is 0 Å². The Balaban J connectivity index is 1.73. The third-order valence-corrected chi connectivity index (χ3v) is 4.70. The van der Waals surface area contributed by atoms with Crippen LogP contribution in [0.5, 0.6) is 11.5 Å². The summed E-state index contributed by atoms with van der Waals surface area (Å²) in [6.45, 7) is 1.44. The largest absolute Gasteiger partial charge is 0.455 e. The van der Waals surface area contributed by atoms with Gasteiger partial charge in [0, 0.05) is 11.4 Å². The van der Waals surface area contributed by atoms with E-state index in [0.717, 1.165) is 10.0 Å². The average Bonchev–Trinajstić information content (AvgIpc) is 2.70. The smallest absolute Gasteiger partial charge is 0.226 e. The van der Waals surface area contributed by atoms with E-state index in [1.165, 1.54) is 6.92 Å². The molecule has 2 N–H and O–H groups in total. The third kappa shape index (κ3) is 6.19. The lowest BCUT2D eigenvalue weighted by atomic mass is 10.0. The molecule has 1 atom stereocenters. The number of halogens is 1. The quantitative estimate of drug-likeness (QED) is 0.500. The number of nitrogens with one attached hydrogen (secondary N) is 2. The normalized spacial score (nSPS) is 11.4. The van der Waals surface area contributed by atoms with Gasteiger partial charge in [-0.25, -0.2) is 0 Å². The van der Waals surface area contributed by atoms with Crippen molar-refractivity contribution in [1.82, 2.24) is 5.32 Å². The van der Waals surface area contributed by atoms with Crippen LogP contribution in [0.15, 0.2) is 83.3 Å². The van der Waals surface area contributed by atoms with Crippen LogP contribution in [0.4, 0.5) is 5.69 Å². The highest BCUT2D eigenvalue weighted by molar-refractivity contribution is 9.10. The van der Waals surface area contributed by atoms with Crippen molar-refractivity contribution in [2.45, 2.75) is 19.4 Å². The molecule has 0 bridgehead atoms. The average molecular weight is 453 g/mol. The van der Waals surface area contributed by atoms with Crippen molar-refractivity contribution in [2.75, 3.05) is 5.32 Å². The number of amides is 2. The Hall–Kier alpha value is -3.12. The first-order valence-corrected chi connectivity index (χ1v) is 9.95. The molecule has 3 aromatic carbocycles. The summed E-state index contributed by atoms with van der Waals surface area (Å²) in [5.41, 5.74) is 1.42. The first kappa shape index (κ1) is 20.6. The molecule has 0 aliphatic heterocycles. The number of rotatable bonds is 7. The van der Waals surface area contributed by atoms with Gasteiger partial charge in [0.05, 0.1) is 18.2 Å². The second-order valence-electron chi connectivity index (χ2n) is 6.47. The van der Waals surface area contributed by atoms with E-state index in [0.29, 0.717) is 17.2 Å². The van der Waals surface area contributed by atoms with Gasteiger partial charge in [-0.15, -0.1) is 0 Å². The molecule has 0 heterocycles. The fourth-order valence-corrected chi connectivity index (χ4v) is 3.12. The number of hydrogen-bond acceptors (Lipinski definition) is 3. The van der Waals surface area contributed by atoms with E-state index in [-0.39, 0.29) is 18.2 Å². The van der Waals surface area contributed by atoms with Gasteiger partial charge in [-0.3, -0.25) is 9.59 Å². The zero-order valence-electron chi connectivity index (χ0n) is 15.9. The second kappa shape index (κ2) is 9.89. The van der Waals surface area contributed by atoms with Gasteiger partial charge in [-0.1, -0.05) is 58.4 Å². The molecule has 0 aliphatic rings. The number of carbonyl (C=O) groups excluding carboxylic acids is 2. The van der Waals surface area contributed by atoms with E-state index in [1.807, 2.05) is 66.7 Å². The Labute approximate surface area is 178 Å². The number of ether oxygens (including phenoxy) is 1. The van der Waals surface area contributed by atoms with Crippen molar-refractivity contribution in [3.05, 3.63) is 88.9 Å². The maximum atomic E-state index is 12.7. The molecule has 0 saturated heterocycles. The molecule has 0 spiro atoms. The van der Waals surface area contributed by atoms with Gasteiger partial charge in [0.15, 0.2) is 5.75 Å². The Bertz CT molecular complexity index is 975. The van der Waals surface area contributed by atoms with E-state index >= 15 is 0 Å². The summed E-state index contributed by atoms with van der Waals surface area (Å²) < 4.78 is 6.82. The van der Waals surface area contributed by atoms with Crippen LogP contribution in [0, 0.1) is 0 Å². The number of para-hydroxylation sites is 3. The molecule has 29 heavy (non-hydrogen) atoms. The minimum Gasteiger partial charge on any atom is -0.455 e. The molecular formula is C23H21BrN2O3. The molecule has 5 nitrogen and oxygen atoms in total. The molecule has 0 aliphatic carbocycles. The number of benzene rings is 3. The molecule has 2 amide bonds. The van der Waals surface area contributed by atoms with Crippen LogP contribution in [-0.2, 0) is 9.59 Å². The molecule has 6 heteroatoms. The summed E-state index contributed by atoms with van der Waals surface area (Å²) in [7, 11) is 0. The molecule has 0 radical (unpaired) electrons. The summed E-state index contributed by atoms with van der Waals surface area (Å²) in [5, 5.41) is 5.73. The molecule has 3 rings (SSSR count). The lowest BCUT2D eigenvalue weighted by molar-refractivity contribution is -0.120. The van der Waals surface area contributed by atoms with E-state index in [4.69, 9.17) is 4.74 Å². The maximum absolute atomic E-state index is 12.7. The highest BCUT2D eigenvalue weighted by Gasteiger charge is 2.18. The number of anilines is 1. The minimum absolute atomic E-state index is 0.0981. The number of carbonyl (C=O) groups is 2. The zero-order valence-corrected chi connectivity index (χ0v) is 17.5. The SMILES string of the molecule is CC(=O)NC(CC(=O)Nc1ccccc1Oc1ccccc1)c1ccc(Br)cc1. The summed E-state index contributed by atoms with van der Waals surface area (Å²) >= 11 is 3.40. The van der Waals surface area contributed by atoms with Crippen LogP contribution >= 0.6 is 15.9 Å². The van der Waals surface area contributed by atoms with Crippen molar-refractivity contribution >= 4 is 33.4 Å². The Morgan fingerprint density at radius 3 is 2.28 bits per heavy atom. The molecule has 0 fully saturated rings. The molecule has 148 valence electrons. The van der Waals surface area contributed by atoms with E-state index < -0.39 is 6.04 Å². The lowest BCUT2D eigenvalue weighted by Gasteiger charge is -2.19. The van der Waals surface area contributed by atoms with Gasteiger partial charge in [0.25, 0.3) is 0 Å². The maximum Gasteiger partial charge on any atom is 0.226 e. The molecule has 1 unspecified atom stereocenters. The second-order valence-corrected chi connectivity index (χ2v) is 7.38. The van der Waals surface area contributed by atoms with Crippen LogP contribution in [0.25, 0.3) is 0 Å². The van der Waals surface area contributed by atoms with Crippen molar-refractivity contribution in [3.63, 3.8) is 0 Å². The zero-order chi connectivity index (χ0) is 20.6. The first-order valence-electron chi connectivity index (χ1n) is 9.15. The summed E-state index contributed by atoms with van der Waals surface area (Å²) in [6, 6.07) is 23.7. The highest BCUT2D eigenvalue weighted by Crippen LogP contribution is 2.30. The Morgan fingerprint density at radius 2 is 1.59 bits per heavy atom. The van der Waals surface area contributed by atoms with Gasteiger partial charge in [0.1, 0.15) is 5.75 Å². The van der Waals surface area contributed by atoms with Crippen molar-refractivity contribution < 1.29 is 14.3 Å². The van der Waals surface area contributed by atoms with E-state index in [9.17, 15) is 9.59 Å². The predicted molar refractivity (Wildman–Crippen MR) is 117 cm³/mol. The summed E-state index contributed by atoms with van der Waals surface area (Å²) in [5.74, 6) is 0.807. The van der Waals surface area contributed by atoms with Gasteiger partial charge in [-0.2, -0.15) is 0 Å². The molecule has 0 saturated carbocycles. The van der Waals surface area contributed by atoms with Crippen LogP contribution in [-0.4, -0.2) is 11.8 Å². The van der Waals surface area contributed by atoms with Crippen molar-refractivity contribution in [1.29, 1.82) is 0 Å². The fourth-order valence-electron chi connectivity index (χ4n) is 2.85. The van der Waals surface area contributed by atoms with Crippen molar-refractivity contribution in [3.8, 4) is 11.5 Å². The fraction of sp³-hybridized carbons (Fsp3) is 0.130. The summed E-state index contributed by atoms with van der Waals surface area (Å²) in [4.78, 5) is 24.3. The lowest BCUT2D eigenvalue weighted by Crippen LogP contribution is -2.29. The number of hydrogen-bond donors (Lipinski definition) is 2. The third-order valence-electron chi connectivity index (χ3n) is 4.17. The van der Waals surface area contributed by atoms with Crippen molar-refractivity contribution in [2.24, 2.45) is 0 Å². The van der Waals surface area contributed by atoms with Gasteiger partial charge in [0.2, 0.25) is 11.8 Å². The monoisotopic (exact) mass is 452 g/mol. The van der Waals surface area contributed by atoms with E-state index in [1.54, 1.807) is 12.1 Å². The van der Waals surface area contributed by atoms with Gasteiger partial charge >= 0.3 is 0 Å². The van der Waals surface area contributed by atoms with E-state index in [2.05, 4.69) is 26.6 Å². The predicted octanol–water partition coefficient (Wildman–Crippen LogP) is 5.45. The standard InChI is InChI=1S/C23H21BrN2O3/c1-16(27)25-21(17-11-13-18(24)14-12-17)15-23(28)26-20-9-5-6-10-22(20)29-19-7-3-2-4-8-19/h2-14,21H,15H2,1H3,(H,25,27)(H,26,28). The summed E-state index contributed by atoms with van der Waals surface area (Å²) in [6.07, 6.45) is 0.0981. The highest BCUT2D eigenvalue weighted by atomic mass is 79.9. The Morgan fingerprint density at radius 1 is 0.931 bits per heavy atom. The minimum atomic E-state index is -0.428. The topological polar surface area (TPSA) is 67.4 Å². The van der Waals surface area contributed by atoms with Crippen LogP contribution < -0.4 is 15.4 Å². The molecule has 0 aromatic heterocycles. The van der Waals surface area contributed by atoms with Crippen LogP contribution in [0.1, 0.15) is 24.9 Å². The molecule has 3 aromatic rings. The first-order chi connectivity index (χ1) is 14.0. The van der Waals surface area contributed by atoms with Crippen LogP contribution in [0.2, 0.25) is 0 Å². The van der Waals surface area contributed by atoms with Gasteiger partial charge < -0.3 is 15.4 Å².